The zero-order valence-corrected chi connectivity index (χ0v) is 10.2. The van der Waals surface area contributed by atoms with Gasteiger partial charge in [-0.1, -0.05) is 30.7 Å². The van der Waals surface area contributed by atoms with Crippen LogP contribution in [0.5, 0.6) is 0 Å². The number of aromatic nitrogens is 2. The zero-order valence-electron chi connectivity index (χ0n) is 10.2. The zero-order chi connectivity index (χ0) is 12.4. The Morgan fingerprint density at radius 3 is 2.44 bits per heavy atom. The quantitative estimate of drug-likeness (QED) is 0.897. The molecule has 1 atom stereocenters. The highest BCUT2D eigenvalue weighted by molar-refractivity contribution is 5.30. The molecule has 0 saturated heterocycles. The molecule has 1 aliphatic rings. The van der Waals surface area contributed by atoms with Gasteiger partial charge in [-0.05, 0) is 36.0 Å². The van der Waals surface area contributed by atoms with Crippen molar-refractivity contribution in [1.29, 1.82) is 0 Å². The highest BCUT2D eigenvalue weighted by Gasteiger charge is 2.19. The van der Waals surface area contributed by atoms with Gasteiger partial charge in [0.15, 0.2) is 0 Å². The van der Waals surface area contributed by atoms with Crippen molar-refractivity contribution in [2.75, 3.05) is 0 Å². The molecule has 0 bridgehead atoms. The second-order valence-corrected chi connectivity index (χ2v) is 4.83. The third kappa shape index (κ3) is 2.14. The van der Waals surface area contributed by atoms with Crippen LogP contribution in [0.25, 0.3) is 0 Å². The fourth-order valence-corrected chi connectivity index (χ4v) is 2.33. The van der Waals surface area contributed by atoms with E-state index >= 15 is 0 Å². The highest BCUT2D eigenvalue weighted by Crippen LogP contribution is 2.36. The van der Waals surface area contributed by atoms with Gasteiger partial charge in [-0.2, -0.15) is 0 Å². The first-order chi connectivity index (χ1) is 8.84. The van der Waals surface area contributed by atoms with Crippen LogP contribution < -0.4 is 0 Å². The number of rotatable bonds is 3. The SMILES string of the molecule is OC(c1ccc(C2CCC2)cc1)c1ccncn1. The average molecular weight is 240 g/mol. The van der Waals surface area contributed by atoms with E-state index in [1.54, 1.807) is 12.3 Å². The fraction of sp³-hybridized carbons (Fsp3) is 0.333. The summed E-state index contributed by atoms with van der Waals surface area (Å²) in [5, 5.41) is 10.2. The average Bonchev–Trinajstić information content (AvgIpc) is 2.38. The summed E-state index contributed by atoms with van der Waals surface area (Å²) < 4.78 is 0. The van der Waals surface area contributed by atoms with Gasteiger partial charge in [0.25, 0.3) is 0 Å². The number of hydrogen-bond donors (Lipinski definition) is 1. The summed E-state index contributed by atoms with van der Waals surface area (Å²) in [6.07, 6.45) is 6.39. The molecule has 0 spiro atoms. The standard InChI is InChI=1S/C15H16N2O/c18-15(14-8-9-16-10-17-14)13-6-4-12(5-7-13)11-2-1-3-11/h4-11,15,18H,1-3H2. The Kier molecular flexibility index (Phi) is 3.07. The number of nitrogens with zero attached hydrogens (tertiary/aromatic N) is 2. The Morgan fingerprint density at radius 2 is 1.89 bits per heavy atom. The van der Waals surface area contributed by atoms with E-state index in [0.29, 0.717) is 5.69 Å². The van der Waals surface area contributed by atoms with Crippen LogP contribution in [0, 0.1) is 0 Å². The van der Waals surface area contributed by atoms with Gasteiger partial charge in [0, 0.05) is 6.20 Å². The van der Waals surface area contributed by atoms with E-state index in [-0.39, 0.29) is 0 Å². The molecule has 3 rings (SSSR count). The predicted molar refractivity (Wildman–Crippen MR) is 69.1 cm³/mol. The van der Waals surface area contributed by atoms with Crippen molar-refractivity contribution >= 4 is 0 Å². The molecule has 92 valence electrons. The van der Waals surface area contributed by atoms with Gasteiger partial charge in [0.2, 0.25) is 0 Å². The predicted octanol–water partition coefficient (Wildman–Crippen LogP) is 2.83. The van der Waals surface area contributed by atoms with Gasteiger partial charge in [-0.3, -0.25) is 0 Å². The smallest absolute Gasteiger partial charge is 0.121 e. The maximum atomic E-state index is 10.2. The molecular formula is C15H16N2O. The maximum absolute atomic E-state index is 10.2. The second kappa shape index (κ2) is 4.86. The van der Waals surface area contributed by atoms with Crippen molar-refractivity contribution in [2.45, 2.75) is 31.3 Å². The van der Waals surface area contributed by atoms with Crippen molar-refractivity contribution in [3.05, 3.63) is 59.7 Å². The number of aliphatic hydroxyl groups is 1. The molecule has 1 aromatic heterocycles. The topological polar surface area (TPSA) is 46.0 Å². The minimum Gasteiger partial charge on any atom is -0.382 e. The molecule has 18 heavy (non-hydrogen) atoms. The summed E-state index contributed by atoms with van der Waals surface area (Å²) in [4.78, 5) is 7.93. The highest BCUT2D eigenvalue weighted by atomic mass is 16.3. The number of aliphatic hydroxyl groups excluding tert-OH is 1. The third-order valence-electron chi connectivity index (χ3n) is 3.71. The molecule has 1 heterocycles. The lowest BCUT2D eigenvalue weighted by Crippen LogP contribution is -2.09. The second-order valence-electron chi connectivity index (χ2n) is 4.83. The van der Waals surface area contributed by atoms with E-state index in [4.69, 9.17) is 0 Å². The minimum absolute atomic E-state index is 0.640. The van der Waals surface area contributed by atoms with Gasteiger partial charge < -0.3 is 5.11 Å². The van der Waals surface area contributed by atoms with E-state index in [2.05, 4.69) is 22.1 Å². The van der Waals surface area contributed by atoms with Gasteiger partial charge in [-0.25, -0.2) is 9.97 Å². The largest absolute Gasteiger partial charge is 0.382 e. The lowest BCUT2D eigenvalue weighted by atomic mass is 9.80. The summed E-state index contributed by atoms with van der Waals surface area (Å²) in [5.41, 5.74) is 2.91. The molecule has 1 aliphatic carbocycles. The first-order valence-corrected chi connectivity index (χ1v) is 6.38. The fourth-order valence-electron chi connectivity index (χ4n) is 2.33. The molecule has 0 aliphatic heterocycles. The normalized spacial score (nSPS) is 17.2. The van der Waals surface area contributed by atoms with Gasteiger partial charge in [0.1, 0.15) is 12.4 Å². The molecular weight excluding hydrogens is 224 g/mol. The summed E-state index contributed by atoms with van der Waals surface area (Å²) >= 11 is 0. The Labute approximate surface area is 107 Å². The molecule has 1 aromatic carbocycles. The third-order valence-corrected chi connectivity index (χ3v) is 3.71. The van der Waals surface area contributed by atoms with Crippen LogP contribution in [0.3, 0.4) is 0 Å². The van der Waals surface area contributed by atoms with E-state index < -0.39 is 6.10 Å². The first-order valence-electron chi connectivity index (χ1n) is 6.38. The molecule has 1 fully saturated rings. The Balaban J connectivity index is 1.80. The lowest BCUT2D eigenvalue weighted by Gasteiger charge is -2.26. The monoisotopic (exact) mass is 240 g/mol. The Bertz CT molecular complexity index is 506. The van der Waals surface area contributed by atoms with Crippen LogP contribution in [0.4, 0.5) is 0 Å². The number of benzene rings is 1. The molecule has 1 unspecified atom stereocenters. The van der Waals surface area contributed by atoms with E-state index in [1.807, 2.05) is 12.1 Å². The van der Waals surface area contributed by atoms with Crippen LogP contribution in [0.1, 0.15) is 48.1 Å². The van der Waals surface area contributed by atoms with Crippen molar-refractivity contribution < 1.29 is 5.11 Å². The van der Waals surface area contributed by atoms with E-state index in [9.17, 15) is 5.11 Å². The number of hydrogen-bond acceptors (Lipinski definition) is 3. The van der Waals surface area contributed by atoms with Gasteiger partial charge >= 0.3 is 0 Å². The molecule has 1 saturated carbocycles. The van der Waals surface area contributed by atoms with Crippen LogP contribution in [0.15, 0.2) is 42.9 Å². The Morgan fingerprint density at radius 1 is 1.11 bits per heavy atom. The van der Waals surface area contributed by atoms with Crippen LogP contribution in [-0.4, -0.2) is 15.1 Å². The summed E-state index contributed by atoms with van der Waals surface area (Å²) in [6, 6.07) is 10.00. The Hall–Kier alpha value is -1.74. The first kappa shape index (κ1) is 11.4. The van der Waals surface area contributed by atoms with Gasteiger partial charge in [0.05, 0.1) is 5.69 Å². The van der Waals surface area contributed by atoms with E-state index in [0.717, 1.165) is 11.5 Å². The minimum atomic E-state index is -0.663. The van der Waals surface area contributed by atoms with Crippen molar-refractivity contribution in [3.63, 3.8) is 0 Å². The van der Waals surface area contributed by atoms with Crippen molar-refractivity contribution in [1.82, 2.24) is 9.97 Å². The van der Waals surface area contributed by atoms with Crippen molar-refractivity contribution in [3.8, 4) is 0 Å². The van der Waals surface area contributed by atoms with Gasteiger partial charge in [-0.15, -0.1) is 0 Å². The van der Waals surface area contributed by atoms with E-state index in [1.165, 1.54) is 31.2 Å². The summed E-state index contributed by atoms with van der Waals surface area (Å²) in [7, 11) is 0. The van der Waals surface area contributed by atoms with Crippen LogP contribution in [0.2, 0.25) is 0 Å². The molecule has 2 aromatic rings. The maximum Gasteiger partial charge on any atom is 0.121 e. The van der Waals surface area contributed by atoms with Crippen LogP contribution in [-0.2, 0) is 0 Å². The molecule has 3 heteroatoms. The van der Waals surface area contributed by atoms with Crippen molar-refractivity contribution in [2.24, 2.45) is 0 Å². The van der Waals surface area contributed by atoms with Crippen LogP contribution >= 0.6 is 0 Å². The summed E-state index contributed by atoms with van der Waals surface area (Å²) in [5.74, 6) is 0.732. The molecule has 0 amide bonds. The molecule has 3 nitrogen and oxygen atoms in total. The summed E-state index contributed by atoms with van der Waals surface area (Å²) in [6.45, 7) is 0. The molecule has 1 N–H and O–H groups in total. The lowest BCUT2D eigenvalue weighted by molar-refractivity contribution is 0.215. The molecule has 0 radical (unpaired) electrons.